The Kier molecular flexibility index (Phi) is 9.40. The van der Waals surface area contributed by atoms with Crippen molar-refractivity contribution >= 4 is 50.2 Å². The molecular formula is C47H42F2N2O3. The minimum absolute atomic E-state index is 0.252. The van der Waals surface area contributed by atoms with E-state index in [1.807, 2.05) is 36.4 Å². The number of ether oxygens (including phenoxy) is 2. The third kappa shape index (κ3) is 6.07. The molecular weight excluding hydrogens is 679 g/mol. The maximum Gasteiger partial charge on any atom is 0.255 e. The molecule has 2 heterocycles. The van der Waals surface area contributed by atoms with Crippen LogP contribution in [0.3, 0.4) is 0 Å². The molecule has 1 amide bonds. The van der Waals surface area contributed by atoms with Gasteiger partial charge in [-0.2, -0.15) is 0 Å². The minimum atomic E-state index is -1.22. The molecule has 272 valence electrons. The molecule has 1 aliphatic heterocycles. The van der Waals surface area contributed by atoms with E-state index in [9.17, 15) is 13.6 Å². The smallest absolute Gasteiger partial charge is 0.255 e. The number of unbranched alkanes of at least 4 members (excludes halogenated alkanes) is 1. The van der Waals surface area contributed by atoms with E-state index in [0.29, 0.717) is 39.8 Å². The lowest BCUT2D eigenvalue weighted by Crippen LogP contribution is -2.34. The number of hydrogen-bond donors (Lipinski definition) is 1. The lowest BCUT2D eigenvalue weighted by atomic mass is 9.82. The predicted molar refractivity (Wildman–Crippen MR) is 214 cm³/mol. The molecule has 5 nitrogen and oxygen atoms in total. The molecule has 8 rings (SSSR count). The van der Waals surface area contributed by atoms with Crippen LogP contribution >= 0.6 is 0 Å². The number of halogens is 2. The monoisotopic (exact) mass is 720 g/mol. The molecule has 0 spiro atoms. The molecule has 0 fully saturated rings. The number of carbonyl (C=O) groups is 1. The fourth-order valence-electron chi connectivity index (χ4n) is 8.03. The van der Waals surface area contributed by atoms with Crippen LogP contribution in [-0.4, -0.2) is 17.6 Å². The second kappa shape index (κ2) is 14.5. The van der Waals surface area contributed by atoms with Gasteiger partial charge >= 0.3 is 0 Å². The normalized spacial score (nSPS) is 13.9. The van der Waals surface area contributed by atoms with Crippen molar-refractivity contribution in [1.82, 2.24) is 4.57 Å². The van der Waals surface area contributed by atoms with Gasteiger partial charge in [0, 0.05) is 50.5 Å². The Morgan fingerprint density at radius 1 is 0.833 bits per heavy atom. The second-order valence-electron chi connectivity index (χ2n) is 14.1. The molecule has 54 heavy (non-hydrogen) atoms. The average Bonchev–Trinajstić information content (AvgIpc) is 3.53. The van der Waals surface area contributed by atoms with Crippen molar-refractivity contribution in [3.63, 3.8) is 0 Å². The minimum Gasteiger partial charge on any atom is -0.495 e. The molecule has 7 heteroatoms. The molecule has 1 N–H and O–H groups in total. The van der Waals surface area contributed by atoms with E-state index in [2.05, 4.69) is 54.1 Å². The number of nitrogens with zero attached hydrogens (tertiary/aromatic N) is 1. The van der Waals surface area contributed by atoms with Crippen LogP contribution < -0.4 is 14.8 Å². The summed E-state index contributed by atoms with van der Waals surface area (Å²) < 4.78 is 44.5. The van der Waals surface area contributed by atoms with Crippen molar-refractivity contribution < 1.29 is 23.0 Å². The van der Waals surface area contributed by atoms with E-state index in [1.54, 1.807) is 43.5 Å². The van der Waals surface area contributed by atoms with Crippen molar-refractivity contribution in [3.05, 3.63) is 155 Å². The van der Waals surface area contributed by atoms with Gasteiger partial charge < -0.3 is 19.4 Å². The van der Waals surface area contributed by atoms with Crippen molar-refractivity contribution in [2.75, 3.05) is 12.4 Å². The lowest BCUT2D eigenvalue weighted by molar-refractivity contribution is 0.102. The molecule has 1 aliphatic rings. The van der Waals surface area contributed by atoms with Gasteiger partial charge in [0.05, 0.1) is 18.3 Å². The number of amides is 1. The van der Waals surface area contributed by atoms with Gasteiger partial charge in [0.15, 0.2) is 5.60 Å². The van der Waals surface area contributed by atoms with Gasteiger partial charge in [0.2, 0.25) is 0 Å². The number of hydrogen-bond acceptors (Lipinski definition) is 3. The van der Waals surface area contributed by atoms with Crippen LogP contribution in [0.5, 0.6) is 11.5 Å². The summed E-state index contributed by atoms with van der Waals surface area (Å²) in [6.45, 7) is 5.31. The number of nitrogens with one attached hydrogen (secondary N) is 1. The highest BCUT2D eigenvalue weighted by molar-refractivity contribution is 6.25. The topological polar surface area (TPSA) is 52.5 Å². The largest absolute Gasteiger partial charge is 0.495 e. The highest BCUT2D eigenvalue weighted by Gasteiger charge is 2.39. The van der Waals surface area contributed by atoms with Crippen LogP contribution in [-0.2, 0) is 12.1 Å². The fraction of sp³-hybridized carbons (Fsp3) is 0.213. The summed E-state index contributed by atoms with van der Waals surface area (Å²) in [6.07, 6.45) is 8.56. The maximum absolute atomic E-state index is 14.4. The van der Waals surface area contributed by atoms with Crippen LogP contribution in [0.1, 0.15) is 66.6 Å². The lowest BCUT2D eigenvalue weighted by Gasteiger charge is -2.37. The first-order valence-corrected chi connectivity index (χ1v) is 18.7. The second-order valence-corrected chi connectivity index (χ2v) is 14.1. The van der Waals surface area contributed by atoms with Gasteiger partial charge in [-0.1, -0.05) is 93.8 Å². The van der Waals surface area contributed by atoms with E-state index >= 15 is 0 Å². The van der Waals surface area contributed by atoms with E-state index < -0.39 is 5.60 Å². The standard InChI is InChI=1S/C47H42F2N2O3/c1-4-6-12-30(5-2)29-51-41-16-11-10-15-36(41)43-38-27-40(50-46(52)31-13-8-7-9-14-31)42(53-3)28-39(38)45-37(44(43)51)25-26-47(54-45,32-17-21-34(48)22-18-32)33-19-23-35(49)24-20-33/h7-11,13-28,30H,4-6,12,29H2,1-3H3,(H,50,52). The molecule has 0 saturated carbocycles. The summed E-state index contributed by atoms with van der Waals surface area (Å²) in [5, 5.41) is 6.92. The third-order valence-corrected chi connectivity index (χ3v) is 10.9. The summed E-state index contributed by atoms with van der Waals surface area (Å²) >= 11 is 0. The van der Waals surface area contributed by atoms with Crippen LogP contribution in [0, 0.1) is 17.6 Å². The number of benzene rings is 6. The van der Waals surface area contributed by atoms with Crippen LogP contribution in [0.15, 0.2) is 121 Å². The number of methoxy groups -OCH3 is 1. The predicted octanol–water partition coefficient (Wildman–Crippen LogP) is 12.1. The average molecular weight is 721 g/mol. The zero-order valence-corrected chi connectivity index (χ0v) is 30.7. The van der Waals surface area contributed by atoms with Gasteiger partial charge in [-0.25, -0.2) is 8.78 Å². The summed E-state index contributed by atoms with van der Waals surface area (Å²) in [5.41, 5.74) is 4.27. The van der Waals surface area contributed by atoms with Gasteiger partial charge in [-0.05, 0) is 84.5 Å². The summed E-state index contributed by atoms with van der Waals surface area (Å²) in [7, 11) is 1.58. The Hall–Kier alpha value is -5.95. The SMILES string of the molecule is CCCCC(CC)Cn1c2ccccc2c2c3cc(NC(=O)c4ccccc4)c(OC)cc3c3c(c21)C=CC(c1ccc(F)cc1)(c1ccc(F)cc1)O3. The third-order valence-electron chi connectivity index (χ3n) is 10.9. The highest BCUT2D eigenvalue weighted by Crippen LogP contribution is 2.52. The van der Waals surface area contributed by atoms with Gasteiger partial charge in [-0.3, -0.25) is 4.79 Å². The molecule has 0 saturated heterocycles. The van der Waals surface area contributed by atoms with Gasteiger partial charge in [0.25, 0.3) is 5.91 Å². The maximum atomic E-state index is 14.4. The Morgan fingerprint density at radius 2 is 1.50 bits per heavy atom. The first-order valence-electron chi connectivity index (χ1n) is 18.7. The number of para-hydroxylation sites is 1. The summed E-state index contributed by atoms with van der Waals surface area (Å²) in [5.74, 6) is 0.547. The number of aromatic nitrogens is 1. The Morgan fingerprint density at radius 3 is 2.15 bits per heavy atom. The van der Waals surface area contributed by atoms with Crippen molar-refractivity contribution in [2.45, 2.75) is 51.7 Å². The molecule has 6 aromatic carbocycles. The summed E-state index contributed by atoms with van der Waals surface area (Å²) in [4.78, 5) is 13.6. The summed E-state index contributed by atoms with van der Waals surface area (Å²) in [6, 6.07) is 34.0. The molecule has 0 radical (unpaired) electrons. The fourth-order valence-corrected chi connectivity index (χ4v) is 8.03. The molecule has 0 aliphatic carbocycles. The van der Waals surface area contributed by atoms with Crippen molar-refractivity contribution in [1.29, 1.82) is 0 Å². The number of carbonyl (C=O) groups excluding carboxylic acids is 1. The number of fused-ring (bicyclic) bond motifs is 8. The Bertz CT molecular complexity index is 2480. The van der Waals surface area contributed by atoms with Gasteiger partial charge in [-0.15, -0.1) is 0 Å². The molecule has 1 atom stereocenters. The van der Waals surface area contributed by atoms with Crippen LogP contribution in [0.2, 0.25) is 0 Å². The molecule has 7 aromatic rings. The first-order chi connectivity index (χ1) is 26.3. The Labute approximate surface area is 313 Å². The first kappa shape index (κ1) is 35.1. The zero-order valence-electron chi connectivity index (χ0n) is 30.7. The van der Waals surface area contributed by atoms with Crippen molar-refractivity contribution in [3.8, 4) is 11.5 Å². The van der Waals surface area contributed by atoms with E-state index in [0.717, 1.165) is 70.4 Å². The van der Waals surface area contributed by atoms with Crippen LogP contribution in [0.4, 0.5) is 14.5 Å². The quantitative estimate of drug-likeness (QED) is 0.145. The van der Waals surface area contributed by atoms with E-state index in [1.165, 1.54) is 24.3 Å². The van der Waals surface area contributed by atoms with Gasteiger partial charge in [0.1, 0.15) is 23.1 Å². The molecule has 1 unspecified atom stereocenters. The van der Waals surface area contributed by atoms with E-state index in [-0.39, 0.29) is 17.5 Å². The van der Waals surface area contributed by atoms with E-state index in [4.69, 9.17) is 9.47 Å². The van der Waals surface area contributed by atoms with Crippen molar-refractivity contribution in [2.24, 2.45) is 5.92 Å². The zero-order chi connectivity index (χ0) is 37.4. The van der Waals surface area contributed by atoms with Crippen LogP contribution in [0.25, 0.3) is 38.7 Å². The Balaban J connectivity index is 1.45. The number of rotatable bonds is 11. The number of anilines is 1. The molecule has 0 bridgehead atoms. The molecule has 1 aromatic heterocycles. The highest BCUT2D eigenvalue weighted by atomic mass is 19.1.